The van der Waals surface area contributed by atoms with Crippen LogP contribution in [0, 0.1) is 5.82 Å². The molecule has 4 nitrogen and oxygen atoms in total. The minimum Gasteiger partial charge on any atom is -0.289 e. The molecule has 1 heterocycles. The summed E-state index contributed by atoms with van der Waals surface area (Å²) in [5.74, 6) is -0.574. The molecule has 1 aliphatic rings. The van der Waals surface area contributed by atoms with E-state index in [4.69, 9.17) is 0 Å². The molecule has 1 aliphatic heterocycles. The fourth-order valence-electron chi connectivity index (χ4n) is 2.89. The first-order valence-electron chi connectivity index (χ1n) is 8.55. The molecule has 0 unspecified atom stereocenters. The zero-order valence-electron chi connectivity index (χ0n) is 14.3. The van der Waals surface area contributed by atoms with Gasteiger partial charge in [-0.15, -0.1) is 0 Å². The molecule has 3 rings (SSSR count). The van der Waals surface area contributed by atoms with Crippen LogP contribution in [0.5, 0.6) is 0 Å². The van der Waals surface area contributed by atoms with E-state index in [9.17, 15) is 17.6 Å². The van der Waals surface area contributed by atoms with Crippen molar-refractivity contribution < 1.29 is 17.6 Å². The molecule has 0 atom stereocenters. The van der Waals surface area contributed by atoms with Gasteiger partial charge >= 0.3 is 0 Å². The van der Waals surface area contributed by atoms with Crippen LogP contribution in [0.15, 0.2) is 59.5 Å². The maximum atomic E-state index is 12.9. The summed E-state index contributed by atoms with van der Waals surface area (Å²) in [6, 6.07) is 11.8. The monoisotopic (exact) mass is 373 g/mol. The summed E-state index contributed by atoms with van der Waals surface area (Å²) in [5.41, 5.74) is 1.12. The second kappa shape index (κ2) is 7.93. The van der Waals surface area contributed by atoms with Crippen molar-refractivity contribution in [1.29, 1.82) is 0 Å². The van der Waals surface area contributed by atoms with Gasteiger partial charge in [0, 0.05) is 18.7 Å². The molecule has 0 amide bonds. The first kappa shape index (κ1) is 18.5. The molecule has 0 spiro atoms. The van der Waals surface area contributed by atoms with Gasteiger partial charge in [-0.1, -0.05) is 24.6 Å². The Balaban J connectivity index is 1.72. The molecule has 0 aliphatic carbocycles. The van der Waals surface area contributed by atoms with Gasteiger partial charge in [0.25, 0.3) is 0 Å². The maximum Gasteiger partial charge on any atom is 0.243 e. The summed E-state index contributed by atoms with van der Waals surface area (Å²) >= 11 is 0. The Morgan fingerprint density at radius 3 is 2.15 bits per heavy atom. The Morgan fingerprint density at radius 2 is 1.54 bits per heavy atom. The average Bonchev–Trinajstić information content (AvgIpc) is 2.68. The van der Waals surface area contributed by atoms with Gasteiger partial charge in [-0.05, 0) is 60.9 Å². The Kier molecular flexibility index (Phi) is 5.64. The van der Waals surface area contributed by atoms with Crippen molar-refractivity contribution in [2.24, 2.45) is 0 Å². The van der Waals surface area contributed by atoms with Crippen molar-refractivity contribution in [1.82, 2.24) is 4.31 Å². The average molecular weight is 373 g/mol. The van der Waals surface area contributed by atoms with Crippen molar-refractivity contribution >= 4 is 21.9 Å². The summed E-state index contributed by atoms with van der Waals surface area (Å²) in [7, 11) is -3.50. The minimum absolute atomic E-state index is 0.207. The van der Waals surface area contributed by atoms with Crippen LogP contribution in [0.2, 0.25) is 0 Å². The number of sulfonamides is 1. The van der Waals surface area contributed by atoms with E-state index in [1.54, 1.807) is 18.2 Å². The number of ketones is 1. The van der Waals surface area contributed by atoms with E-state index in [1.807, 2.05) is 0 Å². The molecular formula is C20H20FNO3S. The number of nitrogens with zero attached hydrogens (tertiary/aromatic N) is 1. The second-order valence-electron chi connectivity index (χ2n) is 6.24. The molecule has 0 radical (unpaired) electrons. The SMILES string of the molecule is O=C(/C=C/c1ccc(F)cc1)c1ccc(S(=O)(=O)N2CCCCC2)cc1. The van der Waals surface area contributed by atoms with Crippen molar-refractivity contribution in [2.45, 2.75) is 24.2 Å². The molecular weight excluding hydrogens is 353 g/mol. The molecule has 26 heavy (non-hydrogen) atoms. The van der Waals surface area contributed by atoms with Crippen molar-refractivity contribution in [3.63, 3.8) is 0 Å². The van der Waals surface area contributed by atoms with Crippen LogP contribution in [-0.4, -0.2) is 31.6 Å². The number of halogens is 1. The molecule has 2 aromatic rings. The van der Waals surface area contributed by atoms with Crippen molar-refractivity contribution in [3.05, 3.63) is 71.6 Å². The molecule has 0 aromatic heterocycles. The van der Waals surface area contributed by atoms with Crippen molar-refractivity contribution in [2.75, 3.05) is 13.1 Å². The van der Waals surface area contributed by atoms with Gasteiger partial charge in [-0.3, -0.25) is 4.79 Å². The van der Waals surface area contributed by atoms with Gasteiger partial charge in [0.1, 0.15) is 5.82 Å². The molecule has 1 fully saturated rings. The van der Waals surface area contributed by atoms with E-state index in [0.717, 1.165) is 19.3 Å². The first-order chi connectivity index (χ1) is 12.5. The third kappa shape index (κ3) is 4.26. The van der Waals surface area contributed by atoms with Crippen LogP contribution < -0.4 is 0 Å². The van der Waals surface area contributed by atoms with Gasteiger partial charge in [-0.25, -0.2) is 12.8 Å². The highest BCUT2D eigenvalue weighted by Crippen LogP contribution is 2.21. The Hall–Kier alpha value is -2.31. The normalized spacial score (nSPS) is 16.0. The van der Waals surface area contributed by atoms with Gasteiger partial charge in [0.05, 0.1) is 4.90 Å². The lowest BCUT2D eigenvalue weighted by Crippen LogP contribution is -2.35. The van der Waals surface area contributed by atoms with Gasteiger partial charge in [0.2, 0.25) is 10.0 Å². The van der Waals surface area contributed by atoms with E-state index < -0.39 is 10.0 Å². The van der Waals surface area contributed by atoms with E-state index in [2.05, 4.69) is 0 Å². The largest absolute Gasteiger partial charge is 0.289 e. The third-order valence-corrected chi connectivity index (χ3v) is 6.30. The van der Waals surface area contributed by atoms with E-state index in [1.165, 1.54) is 46.8 Å². The number of hydrogen-bond donors (Lipinski definition) is 0. The lowest BCUT2D eigenvalue weighted by atomic mass is 10.1. The van der Waals surface area contributed by atoms with Crippen LogP contribution in [0.4, 0.5) is 4.39 Å². The molecule has 2 aromatic carbocycles. The number of benzene rings is 2. The summed E-state index contributed by atoms with van der Waals surface area (Å²) < 4.78 is 39.6. The van der Waals surface area contributed by atoms with Gasteiger partial charge in [0.15, 0.2) is 5.78 Å². The predicted molar refractivity (Wildman–Crippen MR) is 98.8 cm³/mol. The molecule has 0 bridgehead atoms. The number of hydrogen-bond acceptors (Lipinski definition) is 3. The molecule has 136 valence electrons. The standard InChI is InChI=1S/C20H20FNO3S/c21-18-9-4-16(5-10-18)6-13-20(23)17-7-11-19(12-8-17)26(24,25)22-14-2-1-3-15-22/h4-13H,1-3,14-15H2/b13-6+. The van der Waals surface area contributed by atoms with Crippen molar-refractivity contribution in [3.8, 4) is 0 Å². The first-order valence-corrected chi connectivity index (χ1v) is 9.99. The number of piperidine rings is 1. The van der Waals surface area contributed by atoms with Crippen LogP contribution in [0.25, 0.3) is 6.08 Å². The second-order valence-corrected chi connectivity index (χ2v) is 8.18. The lowest BCUT2D eigenvalue weighted by molar-refractivity contribution is 0.104. The molecule has 0 saturated carbocycles. The highest BCUT2D eigenvalue weighted by atomic mass is 32.2. The number of allylic oxidation sites excluding steroid dienone is 1. The maximum absolute atomic E-state index is 12.9. The molecule has 1 saturated heterocycles. The zero-order valence-corrected chi connectivity index (χ0v) is 15.1. The zero-order chi connectivity index (χ0) is 18.6. The lowest BCUT2D eigenvalue weighted by Gasteiger charge is -2.25. The molecule has 0 N–H and O–H groups in total. The highest BCUT2D eigenvalue weighted by molar-refractivity contribution is 7.89. The van der Waals surface area contributed by atoms with Crippen LogP contribution in [0.3, 0.4) is 0 Å². The van der Waals surface area contributed by atoms with Gasteiger partial charge in [-0.2, -0.15) is 4.31 Å². The third-order valence-electron chi connectivity index (χ3n) is 4.39. The Labute approximate surface area is 153 Å². The van der Waals surface area contributed by atoms with Crippen LogP contribution >= 0.6 is 0 Å². The molecule has 6 heteroatoms. The summed E-state index contributed by atoms with van der Waals surface area (Å²) in [5, 5.41) is 0. The summed E-state index contributed by atoms with van der Waals surface area (Å²) in [6.45, 7) is 1.09. The van der Waals surface area contributed by atoms with Crippen LogP contribution in [0.1, 0.15) is 35.2 Å². The minimum atomic E-state index is -3.50. The smallest absolute Gasteiger partial charge is 0.243 e. The summed E-state index contributed by atoms with van der Waals surface area (Å²) in [6.07, 6.45) is 5.80. The van der Waals surface area contributed by atoms with Gasteiger partial charge < -0.3 is 0 Å². The van der Waals surface area contributed by atoms with E-state index in [-0.39, 0.29) is 16.5 Å². The number of rotatable bonds is 5. The van der Waals surface area contributed by atoms with E-state index in [0.29, 0.717) is 24.2 Å². The Bertz CT molecular complexity index is 897. The predicted octanol–water partition coefficient (Wildman–Crippen LogP) is 3.90. The van der Waals surface area contributed by atoms with Crippen LogP contribution in [-0.2, 0) is 10.0 Å². The summed E-state index contributed by atoms with van der Waals surface area (Å²) in [4.78, 5) is 12.4. The topological polar surface area (TPSA) is 54.5 Å². The number of carbonyl (C=O) groups is 1. The fraction of sp³-hybridized carbons (Fsp3) is 0.250. The Morgan fingerprint density at radius 1 is 0.923 bits per heavy atom. The fourth-order valence-corrected chi connectivity index (χ4v) is 4.40. The van der Waals surface area contributed by atoms with E-state index >= 15 is 0 Å². The number of carbonyl (C=O) groups excluding carboxylic acids is 1. The quantitative estimate of drug-likeness (QED) is 0.590. The highest BCUT2D eigenvalue weighted by Gasteiger charge is 2.25.